The van der Waals surface area contributed by atoms with Crippen molar-refractivity contribution in [1.82, 2.24) is 15.5 Å². The maximum absolute atomic E-state index is 13.7. The molecular weight excluding hydrogens is 482 g/mol. The third-order valence-electron chi connectivity index (χ3n) is 4.90. The van der Waals surface area contributed by atoms with E-state index < -0.39 is 47.6 Å². The lowest BCUT2D eigenvalue weighted by Gasteiger charge is -2.37. The van der Waals surface area contributed by atoms with Gasteiger partial charge in [0.25, 0.3) is 0 Å². The van der Waals surface area contributed by atoms with Gasteiger partial charge >= 0.3 is 12.1 Å². The molecule has 3 amide bonds. The van der Waals surface area contributed by atoms with Crippen LogP contribution in [0.15, 0.2) is 30.8 Å². The van der Waals surface area contributed by atoms with E-state index in [2.05, 4.69) is 29.8 Å². The number of alkyl carbamates (subject to hydrolysis) is 1. The summed E-state index contributed by atoms with van der Waals surface area (Å²) in [5.41, 5.74) is 0.572. The van der Waals surface area contributed by atoms with Crippen LogP contribution in [0.1, 0.15) is 65.1 Å². The van der Waals surface area contributed by atoms with E-state index in [0.717, 1.165) is 5.56 Å². The average molecular weight is 522 g/mol. The monoisotopic (exact) mass is 521 g/mol. The minimum Gasteiger partial charge on any atom is -0.466 e. The van der Waals surface area contributed by atoms with Crippen molar-refractivity contribution >= 4 is 42.6 Å². The third-order valence-corrected chi connectivity index (χ3v) is 5.27. The van der Waals surface area contributed by atoms with Crippen LogP contribution < -0.4 is 10.6 Å². The number of benzene rings is 1. The SMILES string of the molecule is C=Cc1cccc(C(C(=O)NCCC(=O)OCC)N(C(=O)C(CS)NC(=O)OC(C)(C)C)C(C)C)c1. The van der Waals surface area contributed by atoms with E-state index in [9.17, 15) is 19.2 Å². The molecule has 0 saturated carbocycles. The van der Waals surface area contributed by atoms with Crippen molar-refractivity contribution in [1.29, 1.82) is 0 Å². The van der Waals surface area contributed by atoms with Gasteiger partial charge in [0.1, 0.15) is 17.7 Å². The standard InChI is InChI=1S/C26H39N3O6S/c1-8-18-11-10-12-19(15-18)22(23(31)27-14-13-21(30)34-9-2)29(17(3)4)24(32)20(16-36)28-25(33)35-26(5,6)7/h8,10-12,15,17,20,22,36H,1,9,13-14,16H2,2-7H3,(H,27,31)(H,28,33). The maximum Gasteiger partial charge on any atom is 0.408 e. The minimum atomic E-state index is -1.04. The summed E-state index contributed by atoms with van der Waals surface area (Å²) in [5.74, 6) is -1.42. The predicted octanol–water partition coefficient (Wildman–Crippen LogP) is 3.50. The maximum atomic E-state index is 13.7. The Morgan fingerprint density at radius 1 is 1.19 bits per heavy atom. The van der Waals surface area contributed by atoms with Crippen molar-refractivity contribution in [2.45, 2.75) is 71.7 Å². The Morgan fingerprint density at radius 3 is 2.39 bits per heavy atom. The molecule has 0 aliphatic heterocycles. The number of amides is 3. The Morgan fingerprint density at radius 2 is 1.86 bits per heavy atom. The van der Waals surface area contributed by atoms with Gasteiger partial charge in [-0.2, -0.15) is 12.6 Å². The minimum absolute atomic E-state index is 0.00587. The number of carbonyl (C=O) groups is 4. The van der Waals surface area contributed by atoms with Crippen LogP contribution in [0.3, 0.4) is 0 Å². The Bertz CT molecular complexity index is 928. The van der Waals surface area contributed by atoms with Crippen LogP contribution in [-0.4, -0.2) is 65.4 Å². The summed E-state index contributed by atoms with van der Waals surface area (Å²) < 4.78 is 10.2. The van der Waals surface area contributed by atoms with Crippen LogP contribution in [0, 0.1) is 0 Å². The summed E-state index contributed by atoms with van der Waals surface area (Å²) >= 11 is 4.26. The van der Waals surface area contributed by atoms with Crippen LogP contribution in [0.4, 0.5) is 4.79 Å². The fourth-order valence-corrected chi connectivity index (χ4v) is 3.65. The van der Waals surface area contributed by atoms with Crippen molar-refractivity contribution in [2.24, 2.45) is 0 Å². The highest BCUT2D eigenvalue weighted by atomic mass is 32.1. The zero-order chi connectivity index (χ0) is 27.5. The quantitative estimate of drug-likeness (QED) is 0.287. The molecule has 1 aromatic rings. The molecule has 200 valence electrons. The van der Waals surface area contributed by atoms with Gasteiger partial charge in [0, 0.05) is 18.3 Å². The molecule has 36 heavy (non-hydrogen) atoms. The fourth-order valence-electron chi connectivity index (χ4n) is 3.41. The summed E-state index contributed by atoms with van der Waals surface area (Å²) in [5, 5.41) is 5.30. The lowest BCUT2D eigenvalue weighted by Crippen LogP contribution is -2.55. The molecule has 0 heterocycles. The van der Waals surface area contributed by atoms with Crippen LogP contribution in [0.5, 0.6) is 0 Å². The number of rotatable bonds is 12. The first-order valence-electron chi connectivity index (χ1n) is 11.9. The predicted molar refractivity (Wildman–Crippen MR) is 143 cm³/mol. The van der Waals surface area contributed by atoms with E-state index >= 15 is 0 Å². The molecule has 0 fully saturated rings. The Balaban J connectivity index is 3.32. The van der Waals surface area contributed by atoms with Gasteiger partial charge in [-0.1, -0.05) is 30.9 Å². The zero-order valence-corrected chi connectivity index (χ0v) is 22.9. The molecule has 2 atom stereocenters. The molecular formula is C26H39N3O6S. The first kappa shape index (κ1) is 31.0. The first-order chi connectivity index (χ1) is 16.8. The van der Waals surface area contributed by atoms with E-state index in [1.54, 1.807) is 65.8 Å². The first-order valence-corrected chi connectivity index (χ1v) is 12.6. The smallest absolute Gasteiger partial charge is 0.408 e. The second-order valence-electron chi connectivity index (χ2n) is 9.34. The topological polar surface area (TPSA) is 114 Å². The number of carbonyl (C=O) groups excluding carboxylic acids is 4. The third kappa shape index (κ3) is 9.93. The average Bonchev–Trinajstić information content (AvgIpc) is 2.79. The summed E-state index contributed by atoms with van der Waals surface area (Å²) in [7, 11) is 0. The van der Waals surface area contributed by atoms with Crippen LogP contribution >= 0.6 is 12.6 Å². The van der Waals surface area contributed by atoms with E-state index in [-0.39, 0.29) is 25.3 Å². The van der Waals surface area contributed by atoms with Gasteiger partial charge in [-0.05, 0) is 58.7 Å². The molecule has 0 bridgehead atoms. The highest BCUT2D eigenvalue weighted by Gasteiger charge is 2.37. The van der Waals surface area contributed by atoms with Crippen molar-refractivity contribution in [2.75, 3.05) is 18.9 Å². The van der Waals surface area contributed by atoms with Crippen molar-refractivity contribution < 1.29 is 28.7 Å². The number of nitrogens with one attached hydrogen (secondary N) is 2. The van der Waals surface area contributed by atoms with Gasteiger partial charge in [-0.15, -0.1) is 0 Å². The van der Waals surface area contributed by atoms with Crippen molar-refractivity contribution in [3.05, 3.63) is 42.0 Å². The van der Waals surface area contributed by atoms with Gasteiger partial charge in [0.05, 0.1) is 13.0 Å². The summed E-state index contributed by atoms with van der Waals surface area (Å²) in [4.78, 5) is 52.6. The highest BCUT2D eigenvalue weighted by molar-refractivity contribution is 7.80. The Kier molecular flexibility index (Phi) is 12.5. The molecule has 0 aromatic heterocycles. The molecule has 2 N–H and O–H groups in total. The molecule has 1 aromatic carbocycles. The van der Waals surface area contributed by atoms with Gasteiger partial charge in [0.2, 0.25) is 11.8 Å². The number of ether oxygens (including phenoxy) is 2. The van der Waals surface area contributed by atoms with Crippen molar-refractivity contribution in [3.8, 4) is 0 Å². The normalized spacial score (nSPS) is 12.8. The molecule has 2 unspecified atom stereocenters. The van der Waals surface area contributed by atoms with Crippen LogP contribution in [0.25, 0.3) is 6.08 Å². The fraction of sp³-hybridized carbons (Fsp3) is 0.538. The molecule has 0 aliphatic carbocycles. The summed E-state index contributed by atoms with van der Waals surface area (Å²) in [6.45, 7) is 14.5. The second kappa shape index (κ2) is 14.5. The molecule has 0 radical (unpaired) electrons. The molecule has 0 aliphatic rings. The number of hydrogen-bond acceptors (Lipinski definition) is 7. The van der Waals surface area contributed by atoms with Gasteiger partial charge < -0.3 is 25.0 Å². The van der Waals surface area contributed by atoms with Crippen molar-refractivity contribution in [3.63, 3.8) is 0 Å². The molecule has 0 spiro atoms. The molecule has 9 nitrogen and oxygen atoms in total. The van der Waals surface area contributed by atoms with Gasteiger partial charge in [0.15, 0.2) is 0 Å². The lowest BCUT2D eigenvalue weighted by molar-refractivity contribution is -0.145. The summed E-state index contributed by atoms with van der Waals surface area (Å²) in [6.07, 6.45) is 0.873. The number of thiol groups is 1. The lowest BCUT2D eigenvalue weighted by atomic mass is 9.99. The Labute approximate surface area is 219 Å². The van der Waals surface area contributed by atoms with Crippen LogP contribution in [0.2, 0.25) is 0 Å². The van der Waals surface area contributed by atoms with E-state index in [1.807, 2.05) is 6.07 Å². The largest absolute Gasteiger partial charge is 0.466 e. The van der Waals surface area contributed by atoms with Gasteiger partial charge in [-0.25, -0.2) is 4.79 Å². The summed E-state index contributed by atoms with van der Waals surface area (Å²) in [6, 6.07) is 4.60. The number of esters is 1. The molecule has 10 heteroatoms. The zero-order valence-electron chi connectivity index (χ0n) is 22.0. The number of nitrogens with zero attached hydrogens (tertiary/aromatic N) is 1. The Hall–Kier alpha value is -3.01. The molecule has 0 saturated heterocycles. The molecule has 1 rings (SSSR count). The second-order valence-corrected chi connectivity index (χ2v) is 9.71. The number of hydrogen-bond donors (Lipinski definition) is 3. The van der Waals surface area contributed by atoms with Crippen LogP contribution in [-0.2, 0) is 23.9 Å². The highest BCUT2D eigenvalue weighted by Crippen LogP contribution is 2.26. The van der Waals surface area contributed by atoms with E-state index in [4.69, 9.17) is 9.47 Å². The van der Waals surface area contributed by atoms with Gasteiger partial charge in [-0.3, -0.25) is 14.4 Å². The van der Waals surface area contributed by atoms with E-state index in [0.29, 0.717) is 5.56 Å². The van der Waals surface area contributed by atoms with E-state index in [1.165, 1.54) is 4.90 Å².